The Morgan fingerprint density at radius 2 is 2.16 bits per heavy atom. The van der Waals surface area contributed by atoms with E-state index in [0.29, 0.717) is 11.9 Å². The molecule has 0 atom stereocenters. The van der Waals surface area contributed by atoms with E-state index in [1.807, 2.05) is 4.57 Å². The lowest BCUT2D eigenvalue weighted by Crippen LogP contribution is -2.20. The van der Waals surface area contributed by atoms with E-state index in [4.69, 9.17) is 10.2 Å². The monoisotopic (exact) mass is 262 g/mol. The van der Waals surface area contributed by atoms with Crippen LogP contribution in [0.3, 0.4) is 0 Å². The number of hydrogen-bond acceptors (Lipinski definition) is 3. The van der Waals surface area contributed by atoms with Gasteiger partial charge in [-0.05, 0) is 30.0 Å². The zero-order valence-corrected chi connectivity index (χ0v) is 11.1. The van der Waals surface area contributed by atoms with Gasteiger partial charge in [0.25, 0.3) is 0 Å². The molecule has 2 aromatic rings. The smallest absolute Gasteiger partial charge is 0.335 e. The highest BCUT2D eigenvalue weighted by Crippen LogP contribution is 2.25. The van der Waals surface area contributed by atoms with Crippen molar-refractivity contribution >= 4 is 17.0 Å². The van der Waals surface area contributed by atoms with Crippen molar-refractivity contribution in [3.05, 3.63) is 30.1 Å². The highest BCUT2D eigenvalue weighted by atomic mass is 16.4. The number of aromatic carboxylic acids is 1. The molecule has 5 nitrogen and oxygen atoms in total. The number of fused-ring (bicyclic) bond motifs is 1. The van der Waals surface area contributed by atoms with Crippen LogP contribution in [0.4, 0.5) is 0 Å². The Kier molecular flexibility index (Phi) is 3.57. The first-order chi connectivity index (χ1) is 8.93. The number of benzene rings is 1. The minimum absolute atomic E-state index is 0.0339. The molecule has 1 aromatic carbocycles. The van der Waals surface area contributed by atoms with Gasteiger partial charge in [0.05, 0.1) is 22.9 Å². The summed E-state index contributed by atoms with van der Waals surface area (Å²) in [5, 5.41) is 18.0. The first-order valence-corrected chi connectivity index (χ1v) is 6.22. The molecule has 0 bridgehead atoms. The van der Waals surface area contributed by atoms with Crippen molar-refractivity contribution in [3.63, 3.8) is 0 Å². The van der Waals surface area contributed by atoms with E-state index in [2.05, 4.69) is 18.8 Å². The van der Waals surface area contributed by atoms with Crippen molar-refractivity contribution < 1.29 is 15.0 Å². The lowest BCUT2D eigenvalue weighted by Gasteiger charge is -2.24. The fraction of sp³-hybridized carbons (Fsp3) is 0.429. The van der Waals surface area contributed by atoms with Crippen LogP contribution in [0.2, 0.25) is 0 Å². The zero-order valence-electron chi connectivity index (χ0n) is 11.1. The second-order valence-corrected chi connectivity index (χ2v) is 5.52. The molecule has 0 amide bonds. The fourth-order valence-electron chi connectivity index (χ4n) is 2.17. The minimum Gasteiger partial charge on any atom is -0.478 e. The molecule has 1 aromatic heterocycles. The maximum Gasteiger partial charge on any atom is 0.335 e. The summed E-state index contributed by atoms with van der Waals surface area (Å²) in [5.74, 6) is -0.947. The summed E-state index contributed by atoms with van der Waals surface area (Å²) >= 11 is 0. The van der Waals surface area contributed by atoms with Crippen LogP contribution < -0.4 is 0 Å². The first kappa shape index (κ1) is 13.5. The predicted molar refractivity (Wildman–Crippen MR) is 72.2 cm³/mol. The Morgan fingerprint density at radius 3 is 2.79 bits per heavy atom. The number of carboxylic acid groups (broad SMARTS) is 1. The Hall–Kier alpha value is -1.88. The second-order valence-electron chi connectivity index (χ2n) is 5.52. The number of aromatic nitrogens is 2. The Labute approximate surface area is 111 Å². The Balaban J connectivity index is 2.33. The number of hydrogen-bond donors (Lipinski definition) is 2. The van der Waals surface area contributed by atoms with Gasteiger partial charge in [-0.2, -0.15) is 0 Å². The maximum atomic E-state index is 10.9. The van der Waals surface area contributed by atoms with Crippen molar-refractivity contribution in [2.45, 2.75) is 26.8 Å². The highest BCUT2D eigenvalue weighted by molar-refractivity contribution is 5.92. The SMILES string of the molecule is CC(C)(CCO)Cn1cnc2cc(C(=O)O)ccc21. The number of carboxylic acids is 1. The summed E-state index contributed by atoms with van der Waals surface area (Å²) in [6.07, 6.45) is 2.43. The van der Waals surface area contributed by atoms with Crippen LogP contribution in [0.15, 0.2) is 24.5 Å². The molecule has 0 aliphatic rings. The molecule has 102 valence electrons. The van der Waals surface area contributed by atoms with Crippen molar-refractivity contribution in [1.82, 2.24) is 9.55 Å². The molecule has 0 aliphatic heterocycles. The highest BCUT2D eigenvalue weighted by Gasteiger charge is 2.19. The zero-order chi connectivity index (χ0) is 14.0. The van der Waals surface area contributed by atoms with Gasteiger partial charge in [-0.25, -0.2) is 9.78 Å². The van der Waals surface area contributed by atoms with E-state index >= 15 is 0 Å². The van der Waals surface area contributed by atoms with Crippen LogP contribution in [0.25, 0.3) is 11.0 Å². The van der Waals surface area contributed by atoms with Gasteiger partial charge >= 0.3 is 5.97 Å². The predicted octanol–water partition coefficient (Wildman–Crippen LogP) is 2.14. The van der Waals surface area contributed by atoms with Crippen molar-refractivity contribution in [3.8, 4) is 0 Å². The Morgan fingerprint density at radius 1 is 1.42 bits per heavy atom. The first-order valence-electron chi connectivity index (χ1n) is 6.22. The van der Waals surface area contributed by atoms with E-state index in [0.717, 1.165) is 12.1 Å². The summed E-state index contributed by atoms with van der Waals surface area (Å²) in [6, 6.07) is 4.94. The molecule has 0 radical (unpaired) electrons. The van der Waals surface area contributed by atoms with Crippen LogP contribution in [-0.4, -0.2) is 32.3 Å². The van der Waals surface area contributed by atoms with Crippen molar-refractivity contribution in [1.29, 1.82) is 0 Å². The molecule has 0 aliphatic carbocycles. The quantitative estimate of drug-likeness (QED) is 0.865. The standard InChI is InChI=1S/C14H18N2O3/c1-14(2,5-6-17)8-16-9-15-11-7-10(13(18)19)3-4-12(11)16/h3-4,7,9,17H,5-6,8H2,1-2H3,(H,18,19). The van der Waals surface area contributed by atoms with Gasteiger partial charge in [0.15, 0.2) is 0 Å². The molecule has 0 saturated carbocycles. The number of aliphatic hydroxyl groups is 1. The molecule has 0 saturated heterocycles. The molecule has 2 N–H and O–H groups in total. The third-order valence-corrected chi connectivity index (χ3v) is 3.25. The molecular formula is C14H18N2O3. The molecule has 5 heteroatoms. The summed E-state index contributed by atoms with van der Waals surface area (Å²) in [4.78, 5) is 15.1. The average Bonchev–Trinajstić information content (AvgIpc) is 2.71. The molecule has 2 rings (SSSR count). The van der Waals surface area contributed by atoms with E-state index < -0.39 is 5.97 Å². The van der Waals surface area contributed by atoms with E-state index in [-0.39, 0.29) is 17.6 Å². The second kappa shape index (κ2) is 5.01. The summed E-state index contributed by atoms with van der Waals surface area (Å²) < 4.78 is 2.00. The number of carbonyl (C=O) groups is 1. The van der Waals surface area contributed by atoms with Crippen LogP contribution in [0.1, 0.15) is 30.6 Å². The van der Waals surface area contributed by atoms with Gasteiger partial charge in [0.2, 0.25) is 0 Å². The fourth-order valence-corrected chi connectivity index (χ4v) is 2.17. The van der Waals surface area contributed by atoms with Crippen LogP contribution in [0, 0.1) is 5.41 Å². The summed E-state index contributed by atoms with van der Waals surface area (Å²) in [6.45, 7) is 5.06. The van der Waals surface area contributed by atoms with Crippen molar-refractivity contribution in [2.75, 3.05) is 6.61 Å². The molecule has 0 unspecified atom stereocenters. The van der Waals surface area contributed by atoms with E-state index in [9.17, 15) is 4.79 Å². The summed E-state index contributed by atoms with van der Waals surface area (Å²) in [7, 11) is 0. The van der Waals surface area contributed by atoms with Crippen LogP contribution in [0.5, 0.6) is 0 Å². The topological polar surface area (TPSA) is 75.3 Å². The molecule has 0 fully saturated rings. The lowest BCUT2D eigenvalue weighted by atomic mass is 9.89. The van der Waals surface area contributed by atoms with Gasteiger partial charge in [-0.3, -0.25) is 0 Å². The normalized spacial score (nSPS) is 11.9. The number of nitrogens with zero attached hydrogens (tertiary/aromatic N) is 2. The van der Waals surface area contributed by atoms with E-state index in [1.54, 1.807) is 24.5 Å². The molecule has 0 spiro atoms. The van der Waals surface area contributed by atoms with Gasteiger partial charge < -0.3 is 14.8 Å². The van der Waals surface area contributed by atoms with Crippen LogP contribution >= 0.6 is 0 Å². The Bertz CT molecular complexity index is 602. The lowest BCUT2D eigenvalue weighted by molar-refractivity contribution is 0.0697. The van der Waals surface area contributed by atoms with E-state index in [1.165, 1.54) is 0 Å². The molecule has 19 heavy (non-hydrogen) atoms. The third-order valence-electron chi connectivity index (χ3n) is 3.25. The number of aliphatic hydroxyl groups excluding tert-OH is 1. The summed E-state index contributed by atoms with van der Waals surface area (Å²) in [5.41, 5.74) is 1.80. The minimum atomic E-state index is -0.947. The number of imidazole rings is 1. The molecule has 1 heterocycles. The van der Waals surface area contributed by atoms with Gasteiger partial charge in [-0.15, -0.1) is 0 Å². The number of rotatable bonds is 5. The van der Waals surface area contributed by atoms with Gasteiger partial charge in [0.1, 0.15) is 0 Å². The maximum absolute atomic E-state index is 10.9. The average molecular weight is 262 g/mol. The van der Waals surface area contributed by atoms with Gasteiger partial charge in [-0.1, -0.05) is 13.8 Å². The largest absolute Gasteiger partial charge is 0.478 e. The molecular weight excluding hydrogens is 244 g/mol. The van der Waals surface area contributed by atoms with Crippen molar-refractivity contribution in [2.24, 2.45) is 5.41 Å². The van der Waals surface area contributed by atoms with Gasteiger partial charge in [0, 0.05) is 13.2 Å². The third kappa shape index (κ3) is 2.93. The van der Waals surface area contributed by atoms with Crippen LogP contribution in [-0.2, 0) is 6.54 Å².